The molecular weight excluding hydrogens is 219 g/mol. The average Bonchev–Trinajstić information content (AvgIpc) is 2.53. The zero-order valence-corrected chi connectivity index (χ0v) is 9.48. The van der Waals surface area contributed by atoms with Gasteiger partial charge in [0.05, 0.1) is 0 Å². The lowest BCUT2D eigenvalue weighted by Gasteiger charge is -2.13. The quantitative estimate of drug-likeness (QED) is 0.774. The van der Waals surface area contributed by atoms with E-state index in [0.29, 0.717) is 5.92 Å². The number of rotatable bonds is 1. The molecule has 1 fully saturated rings. The molecule has 0 bridgehead atoms. The first-order valence-electron chi connectivity index (χ1n) is 4.39. The van der Waals surface area contributed by atoms with Crippen molar-refractivity contribution in [2.75, 3.05) is 13.1 Å². The molecule has 2 unspecified atom stereocenters. The molecule has 1 aromatic carbocycles. The molecule has 1 aliphatic heterocycles. The topological polar surface area (TPSA) is 38.0 Å². The Kier molecular flexibility index (Phi) is 6.12. The van der Waals surface area contributed by atoms with Gasteiger partial charge in [-0.25, -0.2) is 0 Å². The summed E-state index contributed by atoms with van der Waals surface area (Å²) in [6, 6.07) is 10.8. The molecule has 0 spiro atoms. The Morgan fingerprint density at radius 3 is 2.21 bits per heavy atom. The van der Waals surface area contributed by atoms with Crippen LogP contribution in [0.15, 0.2) is 30.3 Å². The Labute approximate surface area is 97.1 Å². The van der Waals surface area contributed by atoms with Crippen LogP contribution in [0.3, 0.4) is 0 Å². The number of hydrogen-bond acceptors (Lipinski definition) is 2. The van der Waals surface area contributed by atoms with Gasteiger partial charge in [-0.05, 0) is 5.56 Å². The zero-order chi connectivity index (χ0) is 8.39. The van der Waals surface area contributed by atoms with E-state index in [4.69, 9.17) is 5.73 Å². The Hall–Kier alpha value is -0.280. The average molecular weight is 235 g/mol. The molecule has 2 nitrogen and oxygen atoms in total. The highest BCUT2D eigenvalue weighted by atomic mass is 35.5. The van der Waals surface area contributed by atoms with Crippen molar-refractivity contribution in [1.29, 1.82) is 0 Å². The smallest absolute Gasteiger partial charge is 0.0247 e. The van der Waals surface area contributed by atoms with Crippen LogP contribution in [0, 0.1) is 0 Å². The summed E-state index contributed by atoms with van der Waals surface area (Å²) in [7, 11) is 0. The molecule has 14 heavy (non-hydrogen) atoms. The van der Waals surface area contributed by atoms with Crippen LogP contribution in [0.25, 0.3) is 0 Å². The van der Waals surface area contributed by atoms with E-state index >= 15 is 0 Å². The standard InChI is InChI=1S/C10H14N2.2ClH/c11-10-7-12-6-9(10)8-4-2-1-3-5-8;;/h1-5,9-10,12H,6-7,11H2;2*1H. The second kappa shape index (κ2) is 6.25. The summed E-state index contributed by atoms with van der Waals surface area (Å²) in [4.78, 5) is 0. The first-order chi connectivity index (χ1) is 5.88. The monoisotopic (exact) mass is 234 g/mol. The second-order valence-corrected chi connectivity index (χ2v) is 3.34. The molecule has 0 radical (unpaired) electrons. The van der Waals surface area contributed by atoms with Gasteiger partial charge in [-0.15, -0.1) is 24.8 Å². The third-order valence-electron chi connectivity index (χ3n) is 2.49. The van der Waals surface area contributed by atoms with Gasteiger partial charge in [0.1, 0.15) is 0 Å². The Bertz CT molecular complexity index is 254. The van der Waals surface area contributed by atoms with Crippen molar-refractivity contribution in [1.82, 2.24) is 5.32 Å². The van der Waals surface area contributed by atoms with Crippen LogP contribution >= 0.6 is 24.8 Å². The third-order valence-corrected chi connectivity index (χ3v) is 2.49. The fourth-order valence-corrected chi connectivity index (χ4v) is 1.76. The van der Waals surface area contributed by atoms with Crippen molar-refractivity contribution >= 4 is 24.8 Å². The summed E-state index contributed by atoms with van der Waals surface area (Å²) < 4.78 is 0. The van der Waals surface area contributed by atoms with Crippen molar-refractivity contribution in [3.05, 3.63) is 35.9 Å². The van der Waals surface area contributed by atoms with E-state index < -0.39 is 0 Å². The van der Waals surface area contributed by atoms with E-state index in [-0.39, 0.29) is 30.9 Å². The molecule has 3 N–H and O–H groups in total. The number of hydrogen-bond donors (Lipinski definition) is 2. The minimum Gasteiger partial charge on any atom is -0.326 e. The van der Waals surface area contributed by atoms with Crippen LogP contribution in [0.5, 0.6) is 0 Å². The highest BCUT2D eigenvalue weighted by molar-refractivity contribution is 5.85. The van der Waals surface area contributed by atoms with Gasteiger partial charge in [0.15, 0.2) is 0 Å². The van der Waals surface area contributed by atoms with E-state index in [0.717, 1.165) is 13.1 Å². The Balaban J connectivity index is 0.000000845. The van der Waals surface area contributed by atoms with Gasteiger partial charge in [0.2, 0.25) is 0 Å². The molecule has 0 aliphatic carbocycles. The van der Waals surface area contributed by atoms with E-state index in [2.05, 4.69) is 29.6 Å². The molecule has 0 aromatic heterocycles. The summed E-state index contributed by atoms with van der Waals surface area (Å²) >= 11 is 0. The van der Waals surface area contributed by atoms with Crippen molar-refractivity contribution in [2.24, 2.45) is 5.73 Å². The van der Waals surface area contributed by atoms with Crippen LogP contribution in [0.2, 0.25) is 0 Å². The molecule has 1 heterocycles. The lowest BCUT2D eigenvalue weighted by Crippen LogP contribution is -2.27. The molecule has 2 rings (SSSR count). The molecule has 2 atom stereocenters. The molecule has 0 amide bonds. The first-order valence-corrected chi connectivity index (χ1v) is 4.39. The largest absolute Gasteiger partial charge is 0.326 e. The van der Waals surface area contributed by atoms with Gasteiger partial charge in [-0.1, -0.05) is 30.3 Å². The first kappa shape index (κ1) is 13.7. The summed E-state index contributed by atoms with van der Waals surface area (Å²) in [5.41, 5.74) is 7.30. The molecule has 1 saturated heterocycles. The summed E-state index contributed by atoms with van der Waals surface area (Å²) in [6.45, 7) is 1.96. The van der Waals surface area contributed by atoms with E-state index in [1.54, 1.807) is 0 Å². The van der Waals surface area contributed by atoms with Gasteiger partial charge in [0, 0.05) is 25.0 Å². The highest BCUT2D eigenvalue weighted by Gasteiger charge is 2.24. The predicted molar refractivity (Wildman–Crippen MR) is 64.5 cm³/mol. The van der Waals surface area contributed by atoms with Crippen molar-refractivity contribution in [3.8, 4) is 0 Å². The zero-order valence-electron chi connectivity index (χ0n) is 7.85. The number of halogens is 2. The maximum absolute atomic E-state index is 5.95. The molecular formula is C10H16Cl2N2. The van der Waals surface area contributed by atoms with Crippen molar-refractivity contribution < 1.29 is 0 Å². The van der Waals surface area contributed by atoms with Gasteiger partial charge in [-0.3, -0.25) is 0 Å². The molecule has 1 aliphatic rings. The van der Waals surface area contributed by atoms with E-state index in [9.17, 15) is 0 Å². The summed E-state index contributed by atoms with van der Waals surface area (Å²) in [5.74, 6) is 0.506. The maximum atomic E-state index is 5.95. The van der Waals surface area contributed by atoms with Gasteiger partial charge in [-0.2, -0.15) is 0 Å². The van der Waals surface area contributed by atoms with Crippen LogP contribution in [-0.4, -0.2) is 19.1 Å². The van der Waals surface area contributed by atoms with Crippen LogP contribution in [-0.2, 0) is 0 Å². The number of nitrogens with two attached hydrogens (primary N) is 1. The van der Waals surface area contributed by atoms with Crippen LogP contribution in [0.4, 0.5) is 0 Å². The molecule has 0 saturated carbocycles. The van der Waals surface area contributed by atoms with Gasteiger partial charge >= 0.3 is 0 Å². The number of nitrogens with one attached hydrogen (secondary N) is 1. The van der Waals surface area contributed by atoms with Crippen LogP contribution < -0.4 is 11.1 Å². The number of benzene rings is 1. The molecule has 4 heteroatoms. The Morgan fingerprint density at radius 2 is 1.71 bits per heavy atom. The molecule has 1 aromatic rings. The summed E-state index contributed by atoms with van der Waals surface area (Å²) in [6.07, 6.45) is 0. The minimum absolute atomic E-state index is 0. The maximum Gasteiger partial charge on any atom is 0.0247 e. The lowest BCUT2D eigenvalue weighted by atomic mass is 9.95. The second-order valence-electron chi connectivity index (χ2n) is 3.34. The fourth-order valence-electron chi connectivity index (χ4n) is 1.76. The fraction of sp³-hybridized carbons (Fsp3) is 0.400. The normalized spacial score (nSPS) is 24.9. The van der Waals surface area contributed by atoms with E-state index in [1.165, 1.54) is 5.56 Å². The summed E-state index contributed by atoms with van der Waals surface area (Å²) in [5, 5.41) is 3.30. The minimum atomic E-state index is 0. The highest BCUT2D eigenvalue weighted by Crippen LogP contribution is 2.20. The van der Waals surface area contributed by atoms with Crippen LogP contribution in [0.1, 0.15) is 11.5 Å². The predicted octanol–water partition coefficient (Wildman–Crippen LogP) is 1.54. The van der Waals surface area contributed by atoms with E-state index in [1.807, 2.05) is 6.07 Å². The van der Waals surface area contributed by atoms with Crippen molar-refractivity contribution in [3.63, 3.8) is 0 Å². The van der Waals surface area contributed by atoms with Crippen molar-refractivity contribution in [2.45, 2.75) is 12.0 Å². The SMILES string of the molecule is Cl.Cl.NC1CNCC1c1ccccc1. The van der Waals surface area contributed by atoms with Gasteiger partial charge in [0.25, 0.3) is 0 Å². The molecule has 80 valence electrons. The Morgan fingerprint density at radius 1 is 1.07 bits per heavy atom. The third kappa shape index (κ3) is 2.85. The van der Waals surface area contributed by atoms with Gasteiger partial charge < -0.3 is 11.1 Å². The lowest BCUT2D eigenvalue weighted by molar-refractivity contribution is 0.653.